The van der Waals surface area contributed by atoms with E-state index in [1.54, 1.807) is 0 Å². The summed E-state index contributed by atoms with van der Waals surface area (Å²) in [5, 5.41) is 9.05. The number of aryl methyl sites for hydroxylation is 1. The number of hydrogen-bond donors (Lipinski definition) is 4. The number of H-pyrrole nitrogens is 1. The van der Waals surface area contributed by atoms with Crippen molar-refractivity contribution in [2.45, 2.75) is 13.8 Å². The van der Waals surface area contributed by atoms with E-state index in [2.05, 4.69) is 32.4 Å². The van der Waals surface area contributed by atoms with Crippen LogP contribution in [-0.4, -0.2) is 21.6 Å². The molecular formula is C23H22N6O. The highest BCUT2D eigenvalue weighted by atomic mass is 16.1. The number of aromatic amines is 1. The van der Waals surface area contributed by atoms with E-state index < -0.39 is 0 Å². The topological polar surface area (TPSA) is 108 Å². The highest BCUT2D eigenvalue weighted by molar-refractivity contribution is 6.08. The summed E-state index contributed by atoms with van der Waals surface area (Å²) >= 11 is 0. The number of nitrogens with one attached hydrogen (secondary N) is 3. The minimum absolute atomic E-state index is 0.216. The number of carbonyl (C=O) groups is 1. The Labute approximate surface area is 173 Å². The Morgan fingerprint density at radius 2 is 1.90 bits per heavy atom. The molecule has 4 aromatic rings. The van der Waals surface area contributed by atoms with Crippen molar-refractivity contribution in [3.05, 3.63) is 83.9 Å². The molecule has 0 saturated heterocycles. The minimum atomic E-state index is -0.216. The second-order valence-corrected chi connectivity index (χ2v) is 7.13. The zero-order valence-electron chi connectivity index (χ0n) is 16.8. The van der Waals surface area contributed by atoms with Gasteiger partial charge in [0.2, 0.25) is 0 Å². The fourth-order valence-corrected chi connectivity index (χ4v) is 3.20. The van der Waals surface area contributed by atoms with Gasteiger partial charge in [-0.05, 0) is 55.8 Å². The molecule has 0 spiro atoms. The first-order valence-electron chi connectivity index (χ1n) is 9.45. The van der Waals surface area contributed by atoms with E-state index in [1.165, 1.54) is 0 Å². The average molecular weight is 398 g/mol. The van der Waals surface area contributed by atoms with Crippen LogP contribution in [0.5, 0.6) is 0 Å². The predicted octanol–water partition coefficient (Wildman–Crippen LogP) is 4.02. The minimum Gasteiger partial charge on any atom is -0.385 e. The molecule has 0 saturated carbocycles. The van der Waals surface area contributed by atoms with Gasteiger partial charge in [0.05, 0.1) is 11.2 Å². The second-order valence-electron chi connectivity index (χ2n) is 7.13. The van der Waals surface area contributed by atoms with Crippen molar-refractivity contribution in [2.24, 2.45) is 10.8 Å². The molecule has 0 bridgehead atoms. The lowest BCUT2D eigenvalue weighted by molar-refractivity contribution is 0.102. The summed E-state index contributed by atoms with van der Waals surface area (Å²) in [7, 11) is 0. The predicted molar refractivity (Wildman–Crippen MR) is 121 cm³/mol. The van der Waals surface area contributed by atoms with Gasteiger partial charge < -0.3 is 16.0 Å². The number of anilines is 1. The van der Waals surface area contributed by atoms with Gasteiger partial charge in [0.1, 0.15) is 11.5 Å². The van der Waals surface area contributed by atoms with Crippen molar-refractivity contribution in [1.82, 2.24) is 15.4 Å². The average Bonchev–Trinajstić information content (AvgIpc) is 3.15. The van der Waals surface area contributed by atoms with Gasteiger partial charge in [-0.3, -0.25) is 15.2 Å². The smallest absolute Gasteiger partial charge is 0.272 e. The van der Waals surface area contributed by atoms with Crippen molar-refractivity contribution in [3.63, 3.8) is 0 Å². The van der Waals surface area contributed by atoms with Crippen molar-refractivity contribution >= 4 is 39.1 Å². The molecular weight excluding hydrogens is 376 g/mol. The lowest BCUT2D eigenvalue weighted by Gasteiger charge is -2.05. The SMILES string of the molecule is C=C(N)N/N=C(\C)c1ccc2[nH]c(C(=O)Nc3ccc4ccc(C)nc4c3)cc2c1. The summed E-state index contributed by atoms with van der Waals surface area (Å²) in [6, 6.07) is 17.3. The molecule has 0 radical (unpaired) electrons. The number of fused-ring (bicyclic) bond motifs is 2. The van der Waals surface area contributed by atoms with Crippen molar-refractivity contribution in [2.75, 3.05) is 5.32 Å². The third-order valence-corrected chi connectivity index (χ3v) is 4.74. The molecule has 7 heteroatoms. The van der Waals surface area contributed by atoms with E-state index in [-0.39, 0.29) is 11.7 Å². The number of rotatable bonds is 5. The largest absolute Gasteiger partial charge is 0.385 e. The van der Waals surface area contributed by atoms with Crippen molar-refractivity contribution < 1.29 is 4.79 Å². The van der Waals surface area contributed by atoms with Crippen LogP contribution >= 0.6 is 0 Å². The Balaban J connectivity index is 1.57. The molecule has 0 fully saturated rings. The fraction of sp³-hybridized carbons (Fsp3) is 0.0870. The van der Waals surface area contributed by atoms with Gasteiger partial charge in [0.15, 0.2) is 0 Å². The van der Waals surface area contributed by atoms with Gasteiger partial charge in [-0.15, -0.1) is 0 Å². The van der Waals surface area contributed by atoms with Crippen LogP contribution in [0.25, 0.3) is 21.8 Å². The maximum Gasteiger partial charge on any atom is 0.272 e. The van der Waals surface area contributed by atoms with Crippen LogP contribution in [0.2, 0.25) is 0 Å². The molecule has 150 valence electrons. The van der Waals surface area contributed by atoms with Crippen LogP contribution in [0.4, 0.5) is 5.69 Å². The number of amides is 1. The monoisotopic (exact) mass is 398 g/mol. The molecule has 7 nitrogen and oxygen atoms in total. The number of pyridine rings is 1. The third kappa shape index (κ3) is 4.00. The van der Waals surface area contributed by atoms with E-state index in [0.29, 0.717) is 11.4 Å². The number of aromatic nitrogens is 2. The van der Waals surface area contributed by atoms with E-state index in [0.717, 1.165) is 38.8 Å². The number of nitrogens with zero attached hydrogens (tertiary/aromatic N) is 2. The summed E-state index contributed by atoms with van der Waals surface area (Å²) in [6.45, 7) is 7.37. The molecule has 0 atom stereocenters. The lowest BCUT2D eigenvalue weighted by Crippen LogP contribution is -2.14. The molecule has 2 aromatic heterocycles. The van der Waals surface area contributed by atoms with Gasteiger partial charge in [-0.2, -0.15) is 5.10 Å². The molecule has 0 aliphatic heterocycles. The highest BCUT2D eigenvalue weighted by Crippen LogP contribution is 2.21. The number of hydrazone groups is 1. The summed E-state index contributed by atoms with van der Waals surface area (Å²) < 4.78 is 0. The Hall–Kier alpha value is -4.13. The third-order valence-electron chi connectivity index (χ3n) is 4.74. The van der Waals surface area contributed by atoms with E-state index in [4.69, 9.17) is 5.73 Å². The number of hydrogen-bond acceptors (Lipinski definition) is 5. The Morgan fingerprint density at radius 3 is 2.70 bits per heavy atom. The van der Waals surface area contributed by atoms with Crippen LogP contribution in [0.1, 0.15) is 28.7 Å². The molecule has 0 unspecified atom stereocenters. The Bertz CT molecular complexity index is 1320. The number of nitrogens with two attached hydrogens (primary N) is 1. The van der Waals surface area contributed by atoms with Gasteiger partial charge in [0.25, 0.3) is 5.91 Å². The first-order chi connectivity index (χ1) is 14.4. The van der Waals surface area contributed by atoms with Crippen LogP contribution in [-0.2, 0) is 0 Å². The first-order valence-corrected chi connectivity index (χ1v) is 9.45. The summed E-state index contributed by atoms with van der Waals surface area (Å²) in [5.41, 5.74) is 13.6. The first kappa shape index (κ1) is 19.2. The summed E-state index contributed by atoms with van der Waals surface area (Å²) in [4.78, 5) is 20.4. The second kappa shape index (κ2) is 7.71. The zero-order valence-corrected chi connectivity index (χ0v) is 16.8. The van der Waals surface area contributed by atoms with Gasteiger partial charge in [0, 0.05) is 27.7 Å². The van der Waals surface area contributed by atoms with Crippen LogP contribution in [0, 0.1) is 6.92 Å². The molecule has 30 heavy (non-hydrogen) atoms. The summed E-state index contributed by atoms with van der Waals surface area (Å²) in [6.07, 6.45) is 0. The maximum absolute atomic E-state index is 12.8. The molecule has 0 aliphatic rings. The molecule has 0 aliphatic carbocycles. The van der Waals surface area contributed by atoms with Gasteiger partial charge >= 0.3 is 0 Å². The molecule has 2 aromatic carbocycles. The van der Waals surface area contributed by atoms with Crippen molar-refractivity contribution in [1.29, 1.82) is 0 Å². The summed E-state index contributed by atoms with van der Waals surface area (Å²) in [5.74, 6) is 0.0568. The number of carbonyl (C=O) groups excluding carboxylic acids is 1. The van der Waals surface area contributed by atoms with E-state index >= 15 is 0 Å². The highest BCUT2D eigenvalue weighted by Gasteiger charge is 2.11. The molecule has 1 amide bonds. The Morgan fingerprint density at radius 1 is 1.10 bits per heavy atom. The lowest BCUT2D eigenvalue weighted by atomic mass is 10.1. The van der Waals surface area contributed by atoms with Crippen LogP contribution < -0.4 is 16.5 Å². The normalized spacial score (nSPS) is 11.6. The Kier molecular flexibility index (Phi) is 4.93. The maximum atomic E-state index is 12.8. The van der Waals surface area contributed by atoms with Crippen LogP contribution in [0.15, 0.2) is 72.1 Å². The number of benzene rings is 2. The quantitative estimate of drug-likeness (QED) is 0.301. The molecule has 4 rings (SSSR count). The molecule has 5 N–H and O–H groups in total. The van der Waals surface area contributed by atoms with Crippen molar-refractivity contribution in [3.8, 4) is 0 Å². The van der Waals surface area contributed by atoms with Gasteiger partial charge in [-0.1, -0.05) is 24.8 Å². The van der Waals surface area contributed by atoms with Crippen LogP contribution in [0.3, 0.4) is 0 Å². The zero-order chi connectivity index (χ0) is 21.3. The fourth-order valence-electron chi connectivity index (χ4n) is 3.20. The standard InChI is InChI=1S/C23H22N6O/c1-13-4-5-16-6-8-19(12-21(16)25-13)26-23(30)22-11-18-10-17(7-9-20(18)27-22)14(2)28-29-15(3)24/h4-12,27,29H,3,24H2,1-2H3,(H,26,30)/b28-14+. The van der Waals surface area contributed by atoms with E-state index in [1.807, 2.05) is 68.4 Å². The van der Waals surface area contributed by atoms with E-state index in [9.17, 15) is 4.79 Å². The molecule has 2 heterocycles. The van der Waals surface area contributed by atoms with Gasteiger partial charge in [-0.25, -0.2) is 0 Å².